The second-order valence-corrected chi connectivity index (χ2v) is 7.12. The highest BCUT2D eigenvalue weighted by molar-refractivity contribution is 5.86. The minimum atomic E-state index is -0.820. The van der Waals surface area contributed by atoms with Gasteiger partial charge in [-0.1, -0.05) is 66.7 Å². The molecule has 0 aromatic heterocycles. The van der Waals surface area contributed by atoms with Crippen LogP contribution in [0.1, 0.15) is 30.1 Å². The van der Waals surface area contributed by atoms with Crippen molar-refractivity contribution < 1.29 is 19.8 Å². The summed E-state index contributed by atoms with van der Waals surface area (Å²) in [6, 6.07) is 18.6. The van der Waals surface area contributed by atoms with Gasteiger partial charge in [0.15, 0.2) is 0 Å². The Morgan fingerprint density at radius 1 is 1.07 bits per heavy atom. The third-order valence-corrected chi connectivity index (χ3v) is 4.84. The zero-order valence-electron chi connectivity index (χ0n) is 17.1. The van der Waals surface area contributed by atoms with Gasteiger partial charge < -0.3 is 20.4 Å². The van der Waals surface area contributed by atoms with Crippen molar-refractivity contribution in [2.45, 2.75) is 25.5 Å². The van der Waals surface area contributed by atoms with E-state index in [0.717, 1.165) is 5.56 Å². The smallest absolute Gasteiger partial charge is 0.224 e. The van der Waals surface area contributed by atoms with E-state index in [-0.39, 0.29) is 37.9 Å². The van der Waals surface area contributed by atoms with E-state index in [1.165, 1.54) is 0 Å². The van der Waals surface area contributed by atoms with Gasteiger partial charge in [0.05, 0.1) is 18.6 Å². The molecule has 2 aromatic carbocycles. The van der Waals surface area contributed by atoms with Gasteiger partial charge >= 0.3 is 0 Å². The number of hydrogen-bond donors (Lipinski definition) is 3. The second kappa shape index (κ2) is 12.6. The number of carbonyl (C=O) groups is 2. The highest BCUT2D eigenvalue weighted by Crippen LogP contribution is 2.16. The van der Waals surface area contributed by atoms with E-state index in [0.29, 0.717) is 18.5 Å². The fourth-order valence-electron chi connectivity index (χ4n) is 3.18. The van der Waals surface area contributed by atoms with Gasteiger partial charge in [-0.25, -0.2) is 0 Å². The Bertz CT molecular complexity index is 795. The highest BCUT2D eigenvalue weighted by atomic mass is 16.3. The highest BCUT2D eigenvalue weighted by Gasteiger charge is 2.24. The Morgan fingerprint density at radius 2 is 1.70 bits per heavy atom. The van der Waals surface area contributed by atoms with Crippen molar-refractivity contribution in [2.24, 2.45) is 5.92 Å². The maximum Gasteiger partial charge on any atom is 0.224 e. The molecule has 6 heteroatoms. The van der Waals surface area contributed by atoms with Gasteiger partial charge in [0.1, 0.15) is 0 Å². The number of benzene rings is 2. The Kier molecular flexibility index (Phi) is 9.77. The molecule has 0 fully saturated rings. The number of rotatable bonds is 12. The summed E-state index contributed by atoms with van der Waals surface area (Å²) in [4.78, 5) is 27.0. The Hall–Kier alpha value is -2.96. The SMILES string of the molecule is C=CC[C@H](CC(=O)N(CCO)Cc1ccccc1)C(=O)NC[C@H](O)c1ccccc1. The van der Waals surface area contributed by atoms with Crippen molar-refractivity contribution in [1.29, 1.82) is 0 Å². The number of allylic oxidation sites excluding steroid dienone is 1. The lowest BCUT2D eigenvalue weighted by atomic mass is 9.99. The quantitative estimate of drug-likeness (QED) is 0.469. The molecule has 2 amide bonds. The number of nitrogens with zero attached hydrogens (tertiary/aromatic N) is 1. The van der Waals surface area contributed by atoms with Crippen LogP contribution >= 0.6 is 0 Å². The Balaban J connectivity index is 1.96. The van der Waals surface area contributed by atoms with Crippen LogP contribution in [0.25, 0.3) is 0 Å². The van der Waals surface area contributed by atoms with Crippen molar-refractivity contribution in [3.05, 3.63) is 84.4 Å². The number of amides is 2. The number of nitrogens with one attached hydrogen (secondary N) is 1. The number of aliphatic hydroxyl groups excluding tert-OH is 2. The summed E-state index contributed by atoms with van der Waals surface area (Å²) in [6.07, 6.45) is 1.14. The van der Waals surface area contributed by atoms with Gasteiger partial charge in [-0.05, 0) is 17.5 Å². The lowest BCUT2D eigenvalue weighted by Crippen LogP contribution is -2.39. The first kappa shape index (κ1) is 23.3. The predicted octanol–water partition coefficient (Wildman–Crippen LogP) is 2.44. The molecule has 160 valence electrons. The van der Waals surface area contributed by atoms with E-state index in [2.05, 4.69) is 11.9 Å². The minimum absolute atomic E-state index is 0.00607. The summed E-state index contributed by atoms with van der Waals surface area (Å²) in [7, 11) is 0. The van der Waals surface area contributed by atoms with Gasteiger partial charge in [0, 0.05) is 26.1 Å². The van der Waals surface area contributed by atoms with Crippen molar-refractivity contribution in [2.75, 3.05) is 19.7 Å². The van der Waals surface area contributed by atoms with Crippen molar-refractivity contribution >= 4 is 11.8 Å². The number of hydrogen-bond acceptors (Lipinski definition) is 4. The Labute approximate surface area is 177 Å². The van der Waals surface area contributed by atoms with Crippen LogP contribution in [-0.2, 0) is 16.1 Å². The predicted molar refractivity (Wildman–Crippen MR) is 116 cm³/mol. The molecule has 0 spiro atoms. The maximum atomic E-state index is 12.8. The molecule has 0 bridgehead atoms. The van der Waals surface area contributed by atoms with Gasteiger partial charge in [-0.2, -0.15) is 0 Å². The van der Waals surface area contributed by atoms with Crippen LogP contribution in [0.15, 0.2) is 73.3 Å². The van der Waals surface area contributed by atoms with Gasteiger partial charge in [0.2, 0.25) is 11.8 Å². The normalized spacial score (nSPS) is 12.6. The van der Waals surface area contributed by atoms with Crippen LogP contribution in [0, 0.1) is 5.92 Å². The zero-order valence-corrected chi connectivity index (χ0v) is 17.1. The molecule has 0 unspecified atom stereocenters. The summed E-state index contributed by atoms with van der Waals surface area (Å²) < 4.78 is 0. The van der Waals surface area contributed by atoms with E-state index in [1.54, 1.807) is 23.1 Å². The molecule has 2 atom stereocenters. The molecular formula is C24H30N2O4. The summed E-state index contributed by atoms with van der Waals surface area (Å²) >= 11 is 0. The van der Waals surface area contributed by atoms with Crippen LogP contribution in [-0.4, -0.2) is 46.6 Å². The molecule has 6 nitrogen and oxygen atoms in total. The molecule has 0 aliphatic carbocycles. The third-order valence-electron chi connectivity index (χ3n) is 4.84. The van der Waals surface area contributed by atoms with Gasteiger partial charge in [-0.3, -0.25) is 9.59 Å². The summed E-state index contributed by atoms with van der Waals surface area (Å²) in [5.74, 6) is -1.10. The van der Waals surface area contributed by atoms with Crippen molar-refractivity contribution in [1.82, 2.24) is 10.2 Å². The van der Waals surface area contributed by atoms with Crippen molar-refractivity contribution in [3.8, 4) is 0 Å². The first-order valence-electron chi connectivity index (χ1n) is 10.1. The van der Waals surface area contributed by atoms with Crippen LogP contribution in [0.4, 0.5) is 0 Å². The molecule has 0 aliphatic heterocycles. The standard InChI is InChI=1S/C24H30N2O4/c1-2-9-21(24(30)25-17-22(28)20-12-7-4-8-13-20)16-23(29)26(14-15-27)18-19-10-5-3-6-11-19/h2-8,10-13,21-22,27-28H,1,9,14-18H2,(H,25,30)/t21-,22+/m1/s1. The van der Waals surface area contributed by atoms with E-state index in [4.69, 9.17) is 0 Å². The molecule has 2 rings (SSSR count). The van der Waals surface area contributed by atoms with E-state index in [9.17, 15) is 19.8 Å². The molecule has 0 radical (unpaired) electrons. The van der Waals surface area contributed by atoms with Crippen LogP contribution in [0.2, 0.25) is 0 Å². The van der Waals surface area contributed by atoms with Crippen LogP contribution in [0.3, 0.4) is 0 Å². The minimum Gasteiger partial charge on any atom is -0.395 e. The lowest BCUT2D eigenvalue weighted by molar-refractivity contribution is -0.137. The third kappa shape index (κ3) is 7.46. The molecule has 2 aromatic rings. The molecule has 30 heavy (non-hydrogen) atoms. The first-order valence-corrected chi connectivity index (χ1v) is 10.1. The number of carbonyl (C=O) groups excluding carboxylic acids is 2. The summed E-state index contributed by atoms with van der Waals surface area (Å²) in [5.41, 5.74) is 1.67. The molecule has 0 aliphatic rings. The number of aliphatic hydroxyl groups is 2. The molecule has 3 N–H and O–H groups in total. The topological polar surface area (TPSA) is 89.9 Å². The van der Waals surface area contributed by atoms with Crippen molar-refractivity contribution in [3.63, 3.8) is 0 Å². The lowest BCUT2D eigenvalue weighted by Gasteiger charge is -2.24. The molecule has 0 saturated heterocycles. The fraction of sp³-hybridized carbons (Fsp3) is 0.333. The molecular weight excluding hydrogens is 380 g/mol. The first-order chi connectivity index (χ1) is 14.5. The van der Waals surface area contributed by atoms with E-state index < -0.39 is 12.0 Å². The molecule has 0 saturated carbocycles. The maximum absolute atomic E-state index is 12.8. The monoisotopic (exact) mass is 410 g/mol. The summed E-state index contributed by atoms with van der Waals surface area (Å²) in [6.45, 7) is 4.17. The largest absolute Gasteiger partial charge is 0.395 e. The average Bonchev–Trinajstić information content (AvgIpc) is 2.78. The summed E-state index contributed by atoms with van der Waals surface area (Å²) in [5, 5.41) is 22.3. The fourth-order valence-corrected chi connectivity index (χ4v) is 3.18. The second-order valence-electron chi connectivity index (χ2n) is 7.12. The Morgan fingerprint density at radius 3 is 2.30 bits per heavy atom. The van der Waals surface area contributed by atoms with Crippen LogP contribution < -0.4 is 5.32 Å². The van der Waals surface area contributed by atoms with Crippen LogP contribution in [0.5, 0.6) is 0 Å². The van der Waals surface area contributed by atoms with Gasteiger partial charge in [-0.15, -0.1) is 6.58 Å². The molecule has 0 heterocycles. The van der Waals surface area contributed by atoms with E-state index >= 15 is 0 Å². The average molecular weight is 411 g/mol. The zero-order chi connectivity index (χ0) is 21.8. The van der Waals surface area contributed by atoms with E-state index in [1.807, 2.05) is 48.5 Å². The van der Waals surface area contributed by atoms with Gasteiger partial charge in [0.25, 0.3) is 0 Å².